The third-order valence-corrected chi connectivity index (χ3v) is 2.33. The summed E-state index contributed by atoms with van der Waals surface area (Å²) in [5.41, 5.74) is 1.01. The highest BCUT2D eigenvalue weighted by Gasteiger charge is 1.97. The van der Waals surface area contributed by atoms with Crippen LogP contribution in [0.25, 0.3) is 0 Å². The van der Waals surface area contributed by atoms with Gasteiger partial charge in [-0.25, -0.2) is 0 Å². The number of unbranched alkanes of at least 4 members (excludes halogenated alkanes) is 3. The van der Waals surface area contributed by atoms with Crippen molar-refractivity contribution in [2.45, 2.75) is 44.9 Å². The summed E-state index contributed by atoms with van der Waals surface area (Å²) in [5.74, 6) is -0.721. The lowest BCUT2D eigenvalue weighted by Gasteiger charge is -2.08. The molecule has 0 aromatic carbocycles. The first kappa shape index (κ1) is 15.0. The summed E-state index contributed by atoms with van der Waals surface area (Å²) in [6.45, 7) is 4.98. The van der Waals surface area contributed by atoms with Crippen molar-refractivity contribution in [2.24, 2.45) is 0 Å². The molecule has 94 valence electrons. The Morgan fingerprint density at radius 1 is 1.06 bits per heavy atom. The molecule has 0 spiro atoms. The largest absolute Gasteiger partial charge is 0.481 e. The van der Waals surface area contributed by atoms with Crippen LogP contribution in [0.4, 0.5) is 0 Å². The molecule has 0 aromatic rings. The highest BCUT2D eigenvalue weighted by molar-refractivity contribution is 5.66. The molecule has 0 unspecified atom stereocenters. The van der Waals surface area contributed by atoms with E-state index in [1.54, 1.807) is 0 Å². The Morgan fingerprint density at radius 3 is 2.38 bits per heavy atom. The van der Waals surface area contributed by atoms with Gasteiger partial charge in [-0.05, 0) is 32.1 Å². The van der Waals surface area contributed by atoms with Gasteiger partial charge in [0.25, 0.3) is 0 Å². The Balaban J connectivity index is 3.18. The number of carboxylic acid groups (broad SMARTS) is 1. The maximum absolute atomic E-state index is 10.2. The van der Waals surface area contributed by atoms with Crippen LogP contribution in [0.1, 0.15) is 44.9 Å². The molecule has 4 nitrogen and oxygen atoms in total. The summed E-state index contributed by atoms with van der Waals surface area (Å²) in [6, 6.07) is 0. The third-order valence-electron chi connectivity index (χ3n) is 2.33. The zero-order valence-corrected chi connectivity index (χ0v) is 9.87. The summed E-state index contributed by atoms with van der Waals surface area (Å²) >= 11 is 0. The molecule has 0 amide bonds. The zero-order chi connectivity index (χ0) is 12.2. The minimum Gasteiger partial charge on any atom is -0.481 e. The number of nitrogens with one attached hydrogen (secondary N) is 1. The highest BCUT2D eigenvalue weighted by Crippen LogP contribution is 2.03. The highest BCUT2D eigenvalue weighted by atomic mass is 16.4. The Kier molecular flexibility index (Phi) is 9.81. The van der Waals surface area contributed by atoms with Crippen LogP contribution in [0.2, 0.25) is 0 Å². The van der Waals surface area contributed by atoms with Gasteiger partial charge in [0.15, 0.2) is 0 Å². The molecule has 3 N–H and O–H groups in total. The number of hydrogen-bond donors (Lipinski definition) is 3. The Morgan fingerprint density at radius 2 is 1.75 bits per heavy atom. The molecule has 4 heteroatoms. The van der Waals surface area contributed by atoms with Gasteiger partial charge in [-0.2, -0.15) is 0 Å². The monoisotopic (exact) mass is 229 g/mol. The van der Waals surface area contributed by atoms with E-state index in [-0.39, 0.29) is 13.0 Å². The fourth-order valence-electron chi connectivity index (χ4n) is 1.38. The lowest BCUT2D eigenvalue weighted by Crippen LogP contribution is -2.14. The Bertz CT molecular complexity index is 204. The Hall–Kier alpha value is -1.03. The molecule has 0 aliphatic heterocycles. The van der Waals surface area contributed by atoms with E-state index in [1.165, 1.54) is 0 Å². The van der Waals surface area contributed by atoms with Crippen molar-refractivity contribution in [3.63, 3.8) is 0 Å². The van der Waals surface area contributed by atoms with E-state index >= 15 is 0 Å². The van der Waals surface area contributed by atoms with Crippen LogP contribution in [0, 0.1) is 0 Å². The molecule has 0 aromatic heterocycles. The Labute approximate surface area is 97.4 Å². The molecule has 0 atom stereocenters. The number of allylic oxidation sites excluding steroid dienone is 1. The van der Waals surface area contributed by atoms with Gasteiger partial charge >= 0.3 is 5.97 Å². The van der Waals surface area contributed by atoms with E-state index in [2.05, 4.69) is 11.9 Å². The van der Waals surface area contributed by atoms with E-state index in [1.807, 2.05) is 0 Å². The quantitative estimate of drug-likeness (QED) is 0.473. The van der Waals surface area contributed by atoms with E-state index in [0.29, 0.717) is 0 Å². The second-order valence-corrected chi connectivity index (χ2v) is 3.92. The minimum atomic E-state index is -0.721. The van der Waals surface area contributed by atoms with Crippen molar-refractivity contribution in [3.8, 4) is 0 Å². The number of aliphatic carboxylic acids is 1. The number of aliphatic hydroxyl groups excluding tert-OH is 1. The number of carbonyl (C=O) groups is 1. The second-order valence-electron chi connectivity index (χ2n) is 3.92. The first-order valence-corrected chi connectivity index (χ1v) is 5.91. The first-order valence-electron chi connectivity index (χ1n) is 5.91. The topological polar surface area (TPSA) is 69.6 Å². The zero-order valence-electron chi connectivity index (χ0n) is 9.87. The SMILES string of the molecule is C=C(CCCCO)NCCCCCC(=O)O. The van der Waals surface area contributed by atoms with E-state index in [0.717, 1.165) is 50.8 Å². The molecule has 0 aliphatic carbocycles. The van der Waals surface area contributed by atoms with Gasteiger partial charge in [0.2, 0.25) is 0 Å². The van der Waals surface area contributed by atoms with Crippen molar-refractivity contribution in [1.82, 2.24) is 5.32 Å². The van der Waals surface area contributed by atoms with Crippen LogP contribution >= 0.6 is 0 Å². The number of rotatable bonds is 11. The van der Waals surface area contributed by atoms with Gasteiger partial charge in [0, 0.05) is 25.3 Å². The number of aliphatic hydroxyl groups is 1. The minimum absolute atomic E-state index is 0.239. The average molecular weight is 229 g/mol. The summed E-state index contributed by atoms with van der Waals surface area (Å²) in [6.07, 6.45) is 5.59. The normalized spacial score (nSPS) is 10.1. The van der Waals surface area contributed by atoms with Gasteiger partial charge in [0.05, 0.1) is 0 Å². The van der Waals surface area contributed by atoms with Crippen LogP contribution in [0.5, 0.6) is 0 Å². The molecule has 0 fully saturated rings. The summed E-state index contributed by atoms with van der Waals surface area (Å²) in [7, 11) is 0. The number of hydrogen-bond acceptors (Lipinski definition) is 3. The molecular formula is C12H23NO3. The number of carboxylic acids is 1. The maximum atomic E-state index is 10.2. The third kappa shape index (κ3) is 11.0. The van der Waals surface area contributed by atoms with Gasteiger partial charge in [0.1, 0.15) is 0 Å². The molecule has 0 bridgehead atoms. The molecule has 0 saturated carbocycles. The maximum Gasteiger partial charge on any atom is 0.303 e. The summed E-state index contributed by atoms with van der Waals surface area (Å²) in [4.78, 5) is 10.2. The summed E-state index contributed by atoms with van der Waals surface area (Å²) < 4.78 is 0. The predicted molar refractivity (Wildman–Crippen MR) is 64.2 cm³/mol. The lowest BCUT2D eigenvalue weighted by atomic mass is 10.2. The van der Waals surface area contributed by atoms with Crippen molar-refractivity contribution >= 4 is 5.97 Å². The van der Waals surface area contributed by atoms with Crippen LogP contribution < -0.4 is 5.32 Å². The molecule has 0 saturated heterocycles. The predicted octanol–water partition coefficient (Wildman–Crippen LogP) is 1.90. The lowest BCUT2D eigenvalue weighted by molar-refractivity contribution is -0.137. The van der Waals surface area contributed by atoms with Crippen molar-refractivity contribution in [2.75, 3.05) is 13.2 Å². The van der Waals surface area contributed by atoms with Gasteiger partial charge < -0.3 is 15.5 Å². The van der Waals surface area contributed by atoms with Crippen molar-refractivity contribution < 1.29 is 15.0 Å². The molecule has 0 rings (SSSR count). The fourth-order valence-corrected chi connectivity index (χ4v) is 1.38. The van der Waals surface area contributed by atoms with Gasteiger partial charge in [-0.1, -0.05) is 13.0 Å². The molecule has 16 heavy (non-hydrogen) atoms. The smallest absolute Gasteiger partial charge is 0.303 e. The van der Waals surface area contributed by atoms with Crippen molar-refractivity contribution in [3.05, 3.63) is 12.3 Å². The van der Waals surface area contributed by atoms with Gasteiger partial charge in [-0.15, -0.1) is 0 Å². The average Bonchev–Trinajstić information content (AvgIpc) is 2.23. The van der Waals surface area contributed by atoms with Gasteiger partial charge in [-0.3, -0.25) is 4.79 Å². The second kappa shape index (κ2) is 10.5. The molecule has 0 aliphatic rings. The summed E-state index contributed by atoms with van der Waals surface area (Å²) in [5, 5.41) is 20.2. The van der Waals surface area contributed by atoms with Crippen LogP contribution in [-0.2, 0) is 4.79 Å². The molecule has 0 radical (unpaired) electrons. The van der Waals surface area contributed by atoms with E-state index in [4.69, 9.17) is 10.2 Å². The van der Waals surface area contributed by atoms with Crippen LogP contribution in [0.3, 0.4) is 0 Å². The van der Waals surface area contributed by atoms with Crippen molar-refractivity contribution in [1.29, 1.82) is 0 Å². The fraction of sp³-hybridized carbons (Fsp3) is 0.750. The first-order chi connectivity index (χ1) is 7.66. The van der Waals surface area contributed by atoms with Crippen LogP contribution in [0.15, 0.2) is 12.3 Å². The molecule has 0 heterocycles. The molecular weight excluding hydrogens is 206 g/mol. The standard InChI is InChI=1S/C12H23NO3/c1-11(7-4-6-10-14)13-9-5-2-3-8-12(15)16/h13-14H,1-10H2,(H,15,16). The van der Waals surface area contributed by atoms with Crippen LogP contribution in [-0.4, -0.2) is 29.3 Å². The van der Waals surface area contributed by atoms with E-state index in [9.17, 15) is 4.79 Å². The van der Waals surface area contributed by atoms with E-state index < -0.39 is 5.97 Å².